The van der Waals surface area contributed by atoms with Gasteiger partial charge in [-0.05, 0) is 43.2 Å². The molecule has 0 aliphatic rings. The van der Waals surface area contributed by atoms with Gasteiger partial charge in [0.05, 0.1) is 10.6 Å². The van der Waals surface area contributed by atoms with Crippen LogP contribution in [0.25, 0.3) is 11.0 Å². The Balaban J connectivity index is 1.71. The number of nitrogens with zero attached hydrogens (tertiary/aromatic N) is 3. The van der Waals surface area contributed by atoms with Crippen LogP contribution in [0.4, 0.5) is 0 Å². The molecule has 0 N–H and O–H groups in total. The molecule has 0 saturated carbocycles. The van der Waals surface area contributed by atoms with Gasteiger partial charge in [0.15, 0.2) is 0 Å². The maximum absolute atomic E-state index is 12.8. The number of rotatable bonds is 5. The summed E-state index contributed by atoms with van der Waals surface area (Å²) in [6, 6.07) is 17.0. The summed E-state index contributed by atoms with van der Waals surface area (Å²) in [6.45, 7) is 3.93. The molecular weight excluding hydrogens is 386 g/mol. The zero-order valence-electron chi connectivity index (χ0n) is 16.0. The van der Waals surface area contributed by atoms with E-state index >= 15 is 0 Å². The van der Waals surface area contributed by atoms with Crippen LogP contribution in [-0.4, -0.2) is 20.7 Å². The molecule has 146 valence electrons. The molecule has 0 aliphatic carbocycles. The molecule has 0 spiro atoms. The Morgan fingerprint density at radius 2 is 1.79 bits per heavy atom. The predicted molar refractivity (Wildman–Crippen MR) is 114 cm³/mol. The van der Waals surface area contributed by atoms with Crippen molar-refractivity contribution in [3.05, 3.63) is 96.7 Å². The van der Waals surface area contributed by atoms with Crippen molar-refractivity contribution in [2.75, 3.05) is 0 Å². The fraction of sp³-hybridized carbons (Fsp3) is 0.182. The first-order valence-corrected chi connectivity index (χ1v) is 10.1. The van der Waals surface area contributed by atoms with Crippen LogP contribution in [0, 0.1) is 0 Å². The number of ether oxygens (including phenoxy) is 1. The highest BCUT2D eigenvalue weighted by Gasteiger charge is 2.11. The van der Waals surface area contributed by atoms with E-state index in [1.165, 1.54) is 4.52 Å². The van der Waals surface area contributed by atoms with Crippen LogP contribution in [0.3, 0.4) is 0 Å². The number of hydrogen-bond donors (Lipinski definition) is 0. The third-order valence-electron chi connectivity index (χ3n) is 4.21. The maximum atomic E-state index is 12.8. The SMILES string of the molecule is CC(C)Oc1ccc(/C=c2/sc3nc(=O)c(Cc4ccccc4)nn3c2=O)cc1. The van der Waals surface area contributed by atoms with Crippen LogP contribution in [0.15, 0.2) is 64.2 Å². The highest BCUT2D eigenvalue weighted by Crippen LogP contribution is 2.14. The van der Waals surface area contributed by atoms with Crippen LogP contribution in [0.1, 0.15) is 30.7 Å². The molecule has 4 aromatic rings. The molecule has 2 heterocycles. The zero-order chi connectivity index (χ0) is 20.4. The summed E-state index contributed by atoms with van der Waals surface area (Å²) in [6.07, 6.45) is 2.20. The lowest BCUT2D eigenvalue weighted by molar-refractivity contribution is 0.242. The maximum Gasteiger partial charge on any atom is 0.296 e. The monoisotopic (exact) mass is 405 g/mol. The number of aromatic nitrogens is 3. The molecule has 0 aliphatic heterocycles. The fourth-order valence-electron chi connectivity index (χ4n) is 2.91. The van der Waals surface area contributed by atoms with Gasteiger partial charge in [0.2, 0.25) is 4.96 Å². The molecule has 0 atom stereocenters. The second kappa shape index (κ2) is 7.97. The van der Waals surface area contributed by atoms with E-state index in [-0.39, 0.29) is 17.4 Å². The van der Waals surface area contributed by atoms with Gasteiger partial charge >= 0.3 is 0 Å². The number of benzene rings is 2. The summed E-state index contributed by atoms with van der Waals surface area (Å²) in [5.74, 6) is 0.773. The quantitative estimate of drug-likeness (QED) is 0.510. The summed E-state index contributed by atoms with van der Waals surface area (Å²) < 4.78 is 7.32. The van der Waals surface area contributed by atoms with Crippen molar-refractivity contribution in [3.63, 3.8) is 0 Å². The van der Waals surface area contributed by atoms with Gasteiger partial charge in [-0.2, -0.15) is 14.6 Å². The molecule has 0 radical (unpaired) electrons. The first-order chi connectivity index (χ1) is 14.0. The molecule has 4 rings (SSSR count). The number of hydrogen-bond acceptors (Lipinski definition) is 6. The van der Waals surface area contributed by atoms with Crippen molar-refractivity contribution in [3.8, 4) is 5.75 Å². The third-order valence-corrected chi connectivity index (χ3v) is 5.17. The van der Waals surface area contributed by atoms with Gasteiger partial charge in [0.1, 0.15) is 11.4 Å². The first kappa shape index (κ1) is 19.0. The molecule has 6 nitrogen and oxygen atoms in total. The Labute approximate surface area is 170 Å². The smallest absolute Gasteiger partial charge is 0.296 e. The second-order valence-corrected chi connectivity index (χ2v) is 7.88. The molecule has 0 saturated heterocycles. The van der Waals surface area contributed by atoms with Crippen molar-refractivity contribution in [1.29, 1.82) is 0 Å². The van der Waals surface area contributed by atoms with Crippen LogP contribution < -0.4 is 20.4 Å². The molecule has 2 aromatic heterocycles. The fourth-order valence-corrected chi connectivity index (χ4v) is 3.81. The van der Waals surface area contributed by atoms with Gasteiger partial charge in [0, 0.05) is 6.42 Å². The van der Waals surface area contributed by atoms with E-state index in [0.29, 0.717) is 15.9 Å². The average Bonchev–Trinajstić information content (AvgIpc) is 2.99. The largest absolute Gasteiger partial charge is 0.491 e. The van der Waals surface area contributed by atoms with Gasteiger partial charge in [-0.1, -0.05) is 53.8 Å². The highest BCUT2D eigenvalue weighted by atomic mass is 32.1. The molecule has 2 aromatic carbocycles. The molecule has 0 fully saturated rings. The lowest BCUT2D eigenvalue weighted by Crippen LogP contribution is -2.28. The Bertz CT molecular complexity index is 1310. The van der Waals surface area contributed by atoms with E-state index in [1.807, 2.05) is 68.4 Å². The number of fused-ring (bicyclic) bond motifs is 1. The van der Waals surface area contributed by atoms with Gasteiger partial charge in [-0.25, -0.2) is 0 Å². The van der Waals surface area contributed by atoms with E-state index in [1.54, 1.807) is 6.08 Å². The van der Waals surface area contributed by atoms with E-state index < -0.39 is 5.56 Å². The molecular formula is C22H19N3O3S. The van der Waals surface area contributed by atoms with Gasteiger partial charge < -0.3 is 4.74 Å². The minimum Gasteiger partial charge on any atom is -0.491 e. The lowest BCUT2D eigenvalue weighted by atomic mass is 10.1. The predicted octanol–water partition coefficient (Wildman–Crippen LogP) is 2.44. The molecule has 29 heavy (non-hydrogen) atoms. The Morgan fingerprint density at radius 1 is 1.07 bits per heavy atom. The van der Waals surface area contributed by atoms with Crippen molar-refractivity contribution < 1.29 is 4.74 Å². The average molecular weight is 405 g/mol. The first-order valence-electron chi connectivity index (χ1n) is 9.25. The standard InChI is InChI=1S/C22H19N3O3S/c1-14(2)28-17-10-8-16(9-11-17)13-19-21(27)25-22(29-19)23-20(26)18(24-25)12-15-6-4-3-5-7-15/h3-11,13-14H,12H2,1-2H3/b19-13+. The molecule has 0 unspecified atom stereocenters. The lowest BCUT2D eigenvalue weighted by Gasteiger charge is -2.09. The summed E-state index contributed by atoms with van der Waals surface area (Å²) in [5.41, 5.74) is 1.37. The highest BCUT2D eigenvalue weighted by molar-refractivity contribution is 7.15. The van der Waals surface area contributed by atoms with Crippen molar-refractivity contribution in [2.45, 2.75) is 26.4 Å². The Morgan fingerprint density at radius 3 is 2.48 bits per heavy atom. The van der Waals surface area contributed by atoms with E-state index in [9.17, 15) is 9.59 Å². The van der Waals surface area contributed by atoms with E-state index in [2.05, 4.69) is 10.1 Å². The normalized spacial score (nSPS) is 12.0. The van der Waals surface area contributed by atoms with Crippen LogP contribution in [-0.2, 0) is 6.42 Å². The van der Waals surface area contributed by atoms with E-state index in [4.69, 9.17) is 4.74 Å². The van der Waals surface area contributed by atoms with E-state index in [0.717, 1.165) is 28.2 Å². The van der Waals surface area contributed by atoms with Crippen LogP contribution in [0.2, 0.25) is 0 Å². The Kier molecular flexibility index (Phi) is 5.22. The van der Waals surface area contributed by atoms with Crippen LogP contribution in [0.5, 0.6) is 5.75 Å². The number of thiazole rings is 1. The zero-order valence-corrected chi connectivity index (χ0v) is 16.8. The van der Waals surface area contributed by atoms with Crippen molar-refractivity contribution >= 4 is 22.4 Å². The van der Waals surface area contributed by atoms with Gasteiger partial charge in [-0.15, -0.1) is 0 Å². The van der Waals surface area contributed by atoms with Gasteiger partial charge in [-0.3, -0.25) is 9.59 Å². The van der Waals surface area contributed by atoms with Crippen molar-refractivity contribution in [1.82, 2.24) is 14.6 Å². The minimum atomic E-state index is -0.406. The van der Waals surface area contributed by atoms with Gasteiger partial charge in [0.25, 0.3) is 11.1 Å². The van der Waals surface area contributed by atoms with Crippen LogP contribution >= 0.6 is 11.3 Å². The molecule has 0 bridgehead atoms. The summed E-state index contributed by atoms with van der Waals surface area (Å²) in [5, 5.41) is 4.28. The second-order valence-electron chi connectivity index (χ2n) is 6.87. The minimum absolute atomic E-state index is 0.0978. The molecule has 0 amide bonds. The summed E-state index contributed by atoms with van der Waals surface area (Å²) >= 11 is 1.15. The summed E-state index contributed by atoms with van der Waals surface area (Å²) in [4.78, 5) is 29.5. The molecule has 7 heteroatoms. The Hall–Kier alpha value is -3.32. The van der Waals surface area contributed by atoms with Crippen molar-refractivity contribution in [2.24, 2.45) is 0 Å². The third kappa shape index (κ3) is 4.25. The topological polar surface area (TPSA) is 73.6 Å². The summed E-state index contributed by atoms with van der Waals surface area (Å²) in [7, 11) is 0.